The van der Waals surface area contributed by atoms with Gasteiger partial charge in [-0.2, -0.15) is 9.78 Å². The number of rotatable bonds is 6. The van der Waals surface area contributed by atoms with E-state index in [1.165, 1.54) is 36.7 Å². The maximum Gasteiger partial charge on any atom is 0.292 e. The summed E-state index contributed by atoms with van der Waals surface area (Å²) in [6.45, 7) is 0.515. The van der Waals surface area contributed by atoms with E-state index >= 15 is 0 Å². The normalized spacial score (nSPS) is 18.5. The molecule has 0 radical (unpaired) electrons. The molecule has 7 nitrogen and oxygen atoms in total. The van der Waals surface area contributed by atoms with Crippen LogP contribution in [0.3, 0.4) is 0 Å². The van der Waals surface area contributed by atoms with Gasteiger partial charge in [0.25, 0.3) is 5.56 Å². The summed E-state index contributed by atoms with van der Waals surface area (Å²) >= 11 is 6.20. The Labute approximate surface area is 181 Å². The topological polar surface area (TPSA) is 78.3 Å². The van der Waals surface area contributed by atoms with Crippen molar-refractivity contribution in [3.8, 4) is 17.3 Å². The van der Waals surface area contributed by atoms with E-state index in [1.807, 2.05) is 0 Å². The van der Waals surface area contributed by atoms with Crippen molar-refractivity contribution in [2.24, 2.45) is 0 Å². The number of benzene rings is 1. The Morgan fingerprint density at radius 2 is 2.03 bits per heavy atom. The minimum atomic E-state index is -1.51. The second kappa shape index (κ2) is 8.99. The summed E-state index contributed by atoms with van der Waals surface area (Å²) in [5.41, 5.74) is -1.48. The van der Waals surface area contributed by atoms with Crippen LogP contribution < -0.4 is 15.6 Å². The number of nitrogens with one attached hydrogen (secondary N) is 1. The Morgan fingerprint density at radius 3 is 2.71 bits per heavy atom. The van der Waals surface area contributed by atoms with Gasteiger partial charge in [-0.25, -0.2) is 13.8 Å². The number of pyridine rings is 1. The summed E-state index contributed by atoms with van der Waals surface area (Å²) in [4.78, 5) is 16.8. The molecule has 1 aromatic carbocycles. The standard InChI is InChI=1S/C21H19ClF2N4O3/c22-19-17(26-12-21(24)8-1-9-30-13-21)11-27-28(20(19)29)15-4-7-18(25-10-15)31-16-5-2-14(23)3-6-16/h2-7,10-11,26H,1,8-9,12-13H2/t21-/m0/s1. The molecule has 1 fully saturated rings. The monoisotopic (exact) mass is 448 g/mol. The van der Waals surface area contributed by atoms with Crippen molar-refractivity contribution in [2.45, 2.75) is 18.5 Å². The number of hydrogen-bond acceptors (Lipinski definition) is 6. The molecular formula is C21H19ClF2N4O3. The second-order valence-corrected chi connectivity index (χ2v) is 7.54. The van der Waals surface area contributed by atoms with Crippen LogP contribution in [0.1, 0.15) is 12.8 Å². The van der Waals surface area contributed by atoms with Gasteiger partial charge in [0.15, 0.2) is 5.67 Å². The lowest BCUT2D eigenvalue weighted by Gasteiger charge is -2.29. The van der Waals surface area contributed by atoms with E-state index in [2.05, 4.69) is 15.4 Å². The first-order valence-corrected chi connectivity index (χ1v) is 10.00. The van der Waals surface area contributed by atoms with Crippen molar-refractivity contribution in [1.29, 1.82) is 0 Å². The summed E-state index contributed by atoms with van der Waals surface area (Å²) in [6.07, 6.45) is 3.77. The van der Waals surface area contributed by atoms with Gasteiger partial charge in [0, 0.05) is 12.7 Å². The van der Waals surface area contributed by atoms with Gasteiger partial charge in [-0.05, 0) is 43.2 Å². The number of aromatic nitrogens is 3. The molecule has 0 spiro atoms. The van der Waals surface area contributed by atoms with Gasteiger partial charge >= 0.3 is 0 Å². The van der Waals surface area contributed by atoms with Crippen molar-refractivity contribution >= 4 is 17.3 Å². The summed E-state index contributed by atoms with van der Waals surface area (Å²) in [5, 5.41) is 6.85. The molecule has 3 heterocycles. The summed E-state index contributed by atoms with van der Waals surface area (Å²) in [6, 6.07) is 8.63. The Balaban J connectivity index is 1.47. The zero-order chi connectivity index (χ0) is 21.8. The summed E-state index contributed by atoms with van der Waals surface area (Å²) in [7, 11) is 0. The first-order valence-electron chi connectivity index (χ1n) is 9.62. The van der Waals surface area contributed by atoms with Gasteiger partial charge in [0.05, 0.1) is 36.9 Å². The van der Waals surface area contributed by atoms with Crippen LogP contribution in [0.5, 0.6) is 11.6 Å². The highest BCUT2D eigenvalue weighted by Crippen LogP contribution is 2.26. The van der Waals surface area contributed by atoms with E-state index in [4.69, 9.17) is 21.1 Å². The summed E-state index contributed by atoms with van der Waals surface area (Å²) in [5.74, 6) is 0.310. The molecule has 0 unspecified atom stereocenters. The third kappa shape index (κ3) is 5.00. The molecule has 31 heavy (non-hydrogen) atoms. The maximum absolute atomic E-state index is 14.7. The van der Waals surface area contributed by atoms with E-state index in [0.717, 1.165) is 4.68 Å². The van der Waals surface area contributed by atoms with Gasteiger partial charge in [0.2, 0.25) is 5.88 Å². The number of halogens is 3. The average Bonchev–Trinajstić information content (AvgIpc) is 2.78. The minimum absolute atomic E-state index is 0.000123. The Kier molecular flexibility index (Phi) is 6.15. The van der Waals surface area contributed by atoms with Crippen molar-refractivity contribution in [3.63, 3.8) is 0 Å². The van der Waals surface area contributed by atoms with E-state index in [9.17, 15) is 13.6 Å². The predicted molar refractivity (Wildman–Crippen MR) is 111 cm³/mol. The number of anilines is 1. The molecular weight excluding hydrogens is 430 g/mol. The summed E-state index contributed by atoms with van der Waals surface area (Å²) < 4.78 is 39.5. The lowest BCUT2D eigenvalue weighted by atomic mass is 9.99. The lowest BCUT2D eigenvalue weighted by molar-refractivity contribution is -0.0234. The highest BCUT2D eigenvalue weighted by Gasteiger charge is 2.32. The van der Waals surface area contributed by atoms with Gasteiger partial charge in [0.1, 0.15) is 16.6 Å². The van der Waals surface area contributed by atoms with Crippen molar-refractivity contribution in [3.05, 3.63) is 70.0 Å². The molecule has 162 valence electrons. The third-order valence-electron chi connectivity index (χ3n) is 4.79. The number of hydrogen-bond donors (Lipinski definition) is 1. The van der Waals surface area contributed by atoms with Crippen molar-refractivity contribution < 1.29 is 18.3 Å². The van der Waals surface area contributed by atoms with Crippen LogP contribution in [-0.2, 0) is 4.74 Å². The average molecular weight is 449 g/mol. The van der Waals surface area contributed by atoms with E-state index in [1.54, 1.807) is 12.1 Å². The van der Waals surface area contributed by atoms with Crippen LogP contribution in [0, 0.1) is 5.82 Å². The van der Waals surface area contributed by atoms with Crippen LogP contribution in [0.4, 0.5) is 14.5 Å². The van der Waals surface area contributed by atoms with Crippen molar-refractivity contribution in [2.75, 3.05) is 25.1 Å². The van der Waals surface area contributed by atoms with Gasteiger partial charge in [-0.3, -0.25) is 4.79 Å². The fourth-order valence-electron chi connectivity index (χ4n) is 3.13. The first kappa shape index (κ1) is 21.2. The maximum atomic E-state index is 14.7. The quantitative estimate of drug-likeness (QED) is 0.610. The highest BCUT2D eigenvalue weighted by molar-refractivity contribution is 6.32. The molecule has 1 saturated heterocycles. The van der Waals surface area contributed by atoms with E-state index in [0.29, 0.717) is 30.9 Å². The number of ether oxygens (including phenoxy) is 2. The fourth-order valence-corrected chi connectivity index (χ4v) is 3.33. The smallest absolute Gasteiger partial charge is 0.292 e. The Morgan fingerprint density at radius 1 is 1.23 bits per heavy atom. The molecule has 2 aromatic heterocycles. The molecule has 3 aromatic rings. The molecule has 0 saturated carbocycles. The molecule has 4 rings (SSSR count). The zero-order valence-corrected chi connectivity index (χ0v) is 17.1. The van der Waals surface area contributed by atoms with Crippen LogP contribution in [-0.4, -0.2) is 40.2 Å². The van der Waals surface area contributed by atoms with Gasteiger partial charge < -0.3 is 14.8 Å². The number of alkyl halides is 1. The molecule has 0 aliphatic carbocycles. The van der Waals surface area contributed by atoms with Gasteiger partial charge in [-0.15, -0.1) is 0 Å². The molecule has 1 aliphatic rings. The molecule has 10 heteroatoms. The second-order valence-electron chi connectivity index (χ2n) is 7.16. The zero-order valence-electron chi connectivity index (χ0n) is 16.4. The molecule has 1 N–H and O–H groups in total. The SMILES string of the molecule is O=c1c(Cl)c(NC[C@@]2(F)CCCOC2)cnn1-c1ccc(Oc2ccc(F)cc2)nc1. The van der Waals surface area contributed by atoms with E-state index in [-0.39, 0.29) is 35.6 Å². The van der Waals surface area contributed by atoms with Crippen LogP contribution >= 0.6 is 11.6 Å². The number of nitrogens with zero attached hydrogens (tertiary/aromatic N) is 3. The Bertz CT molecular complexity index is 1100. The highest BCUT2D eigenvalue weighted by atomic mass is 35.5. The lowest BCUT2D eigenvalue weighted by Crippen LogP contribution is -2.40. The molecule has 1 aliphatic heterocycles. The Hall–Kier alpha value is -3.04. The van der Waals surface area contributed by atoms with Crippen LogP contribution in [0.25, 0.3) is 5.69 Å². The predicted octanol–water partition coefficient (Wildman–Crippen LogP) is 4.14. The largest absolute Gasteiger partial charge is 0.439 e. The first-order chi connectivity index (χ1) is 14.9. The van der Waals surface area contributed by atoms with Gasteiger partial charge in [-0.1, -0.05) is 11.6 Å². The molecule has 0 bridgehead atoms. The van der Waals surface area contributed by atoms with Crippen LogP contribution in [0.2, 0.25) is 5.02 Å². The van der Waals surface area contributed by atoms with Crippen molar-refractivity contribution in [1.82, 2.24) is 14.8 Å². The molecule has 0 amide bonds. The third-order valence-corrected chi connectivity index (χ3v) is 5.16. The minimum Gasteiger partial charge on any atom is -0.439 e. The van der Waals surface area contributed by atoms with E-state index < -0.39 is 11.2 Å². The fraction of sp³-hybridized carbons (Fsp3) is 0.286. The molecule has 1 atom stereocenters. The van der Waals surface area contributed by atoms with Crippen LogP contribution in [0.15, 0.2) is 53.6 Å².